The van der Waals surface area contributed by atoms with Crippen LogP contribution < -0.4 is 5.73 Å². The van der Waals surface area contributed by atoms with Crippen LogP contribution in [0.15, 0.2) is 0 Å². The highest BCUT2D eigenvalue weighted by molar-refractivity contribution is 5.85. The zero-order chi connectivity index (χ0) is 14.0. The Hall–Kier alpha value is -0.280. The number of hydrogen-bond donors (Lipinski definition) is 1. The van der Waals surface area contributed by atoms with Crippen LogP contribution in [0.5, 0.6) is 0 Å². The van der Waals surface area contributed by atoms with Gasteiger partial charge >= 0.3 is 0 Å². The first-order valence-electron chi connectivity index (χ1n) is 8.72. The first-order chi connectivity index (χ1) is 9.69. The Bertz CT molecular complexity index is 349. The van der Waals surface area contributed by atoms with Gasteiger partial charge in [0.2, 0.25) is 5.91 Å². The molecule has 2 aliphatic carbocycles. The van der Waals surface area contributed by atoms with Crippen molar-refractivity contribution in [3.05, 3.63) is 0 Å². The van der Waals surface area contributed by atoms with Crippen LogP contribution in [0, 0.1) is 11.3 Å². The van der Waals surface area contributed by atoms with E-state index < -0.39 is 0 Å². The molecule has 1 aliphatic heterocycles. The summed E-state index contributed by atoms with van der Waals surface area (Å²) in [7, 11) is 0. The SMILES string of the molecule is Cl.N[C@@H]1CCC[C@H]1CC(=O)N1CCCC2(CCCCC2)C1. The van der Waals surface area contributed by atoms with Crippen LogP contribution in [0.3, 0.4) is 0 Å². The molecule has 3 nitrogen and oxygen atoms in total. The molecule has 3 fully saturated rings. The molecular weight excluding hydrogens is 284 g/mol. The molecule has 0 aromatic rings. The van der Waals surface area contributed by atoms with Gasteiger partial charge < -0.3 is 10.6 Å². The van der Waals surface area contributed by atoms with Gasteiger partial charge in [0.15, 0.2) is 0 Å². The molecule has 2 N–H and O–H groups in total. The van der Waals surface area contributed by atoms with Crippen molar-refractivity contribution >= 4 is 18.3 Å². The van der Waals surface area contributed by atoms with Gasteiger partial charge in [-0.2, -0.15) is 0 Å². The molecule has 2 saturated carbocycles. The van der Waals surface area contributed by atoms with E-state index in [2.05, 4.69) is 4.90 Å². The number of nitrogens with two attached hydrogens (primary N) is 1. The van der Waals surface area contributed by atoms with Crippen LogP contribution in [0.1, 0.15) is 70.6 Å². The number of carbonyl (C=O) groups excluding carboxylic acids is 1. The van der Waals surface area contributed by atoms with E-state index >= 15 is 0 Å². The molecule has 0 radical (unpaired) electrons. The number of amides is 1. The van der Waals surface area contributed by atoms with E-state index in [0.717, 1.165) is 25.9 Å². The molecule has 3 rings (SSSR count). The Morgan fingerprint density at radius 2 is 1.76 bits per heavy atom. The summed E-state index contributed by atoms with van der Waals surface area (Å²) in [5.74, 6) is 0.837. The Morgan fingerprint density at radius 3 is 2.43 bits per heavy atom. The second kappa shape index (κ2) is 7.32. The molecule has 122 valence electrons. The summed E-state index contributed by atoms with van der Waals surface area (Å²) in [6.07, 6.45) is 13.6. The van der Waals surface area contributed by atoms with Gasteiger partial charge in [-0.3, -0.25) is 4.79 Å². The minimum atomic E-state index is 0. The minimum absolute atomic E-state index is 0. The summed E-state index contributed by atoms with van der Waals surface area (Å²) in [6, 6.07) is 0.271. The summed E-state index contributed by atoms with van der Waals surface area (Å²) in [4.78, 5) is 14.8. The lowest BCUT2D eigenvalue weighted by Crippen LogP contribution is -2.47. The van der Waals surface area contributed by atoms with Gasteiger partial charge in [0, 0.05) is 25.6 Å². The third-order valence-electron chi connectivity index (χ3n) is 6.08. The first kappa shape index (κ1) is 17.1. The molecule has 1 saturated heterocycles. The molecule has 1 amide bonds. The molecule has 1 heterocycles. The van der Waals surface area contributed by atoms with Crippen LogP contribution in [0.2, 0.25) is 0 Å². The average molecular weight is 315 g/mol. The van der Waals surface area contributed by atoms with Crippen molar-refractivity contribution in [3.63, 3.8) is 0 Å². The minimum Gasteiger partial charge on any atom is -0.342 e. The molecule has 0 bridgehead atoms. The summed E-state index contributed by atoms with van der Waals surface area (Å²) in [5.41, 5.74) is 6.60. The Labute approximate surface area is 135 Å². The lowest BCUT2D eigenvalue weighted by Gasteiger charge is -2.45. The van der Waals surface area contributed by atoms with E-state index in [0.29, 0.717) is 23.7 Å². The van der Waals surface area contributed by atoms with Gasteiger partial charge in [0.25, 0.3) is 0 Å². The van der Waals surface area contributed by atoms with Crippen molar-refractivity contribution in [2.75, 3.05) is 13.1 Å². The van der Waals surface area contributed by atoms with Gasteiger partial charge in [-0.05, 0) is 49.9 Å². The van der Waals surface area contributed by atoms with Gasteiger partial charge in [-0.1, -0.05) is 25.7 Å². The fourth-order valence-corrected chi connectivity index (χ4v) is 4.80. The van der Waals surface area contributed by atoms with Crippen LogP contribution in [0.4, 0.5) is 0 Å². The molecule has 3 aliphatic rings. The second-order valence-electron chi connectivity index (χ2n) is 7.54. The maximum Gasteiger partial charge on any atom is 0.222 e. The van der Waals surface area contributed by atoms with Crippen molar-refractivity contribution in [1.29, 1.82) is 0 Å². The molecule has 1 spiro atoms. The number of likely N-dealkylation sites (tertiary alicyclic amines) is 1. The number of hydrogen-bond acceptors (Lipinski definition) is 2. The van der Waals surface area contributed by atoms with Gasteiger partial charge in [0.1, 0.15) is 0 Å². The third-order valence-corrected chi connectivity index (χ3v) is 6.08. The largest absolute Gasteiger partial charge is 0.342 e. The van der Waals surface area contributed by atoms with E-state index in [1.807, 2.05) is 0 Å². The standard InChI is InChI=1S/C17H30N2O.ClH/c18-15-7-4-6-14(15)12-16(20)19-11-5-10-17(13-19)8-2-1-3-9-17;/h14-15H,1-13,18H2;1H/t14-,15+;/m0./s1. The summed E-state index contributed by atoms with van der Waals surface area (Å²) < 4.78 is 0. The highest BCUT2D eigenvalue weighted by Gasteiger charge is 2.38. The maximum absolute atomic E-state index is 12.6. The van der Waals surface area contributed by atoms with Crippen molar-refractivity contribution in [2.45, 2.75) is 76.7 Å². The second-order valence-corrected chi connectivity index (χ2v) is 7.54. The quantitative estimate of drug-likeness (QED) is 0.848. The molecule has 4 heteroatoms. The van der Waals surface area contributed by atoms with Gasteiger partial charge in [-0.15, -0.1) is 12.4 Å². The smallest absolute Gasteiger partial charge is 0.222 e. The lowest BCUT2D eigenvalue weighted by molar-refractivity contribution is -0.136. The molecule has 0 unspecified atom stereocenters. The highest BCUT2D eigenvalue weighted by Crippen LogP contribution is 2.43. The molecule has 0 aromatic heterocycles. The van der Waals surface area contributed by atoms with Crippen molar-refractivity contribution < 1.29 is 4.79 Å². The van der Waals surface area contributed by atoms with Crippen LogP contribution >= 0.6 is 12.4 Å². The summed E-state index contributed by atoms with van der Waals surface area (Å²) in [5, 5.41) is 0. The predicted octanol–water partition coefficient (Wildman–Crippen LogP) is 3.50. The van der Waals surface area contributed by atoms with Gasteiger partial charge in [-0.25, -0.2) is 0 Å². The number of nitrogens with zero attached hydrogens (tertiary/aromatic N) is 1. The van der Waals surface area contributed by atoms with Crippen LogP contribution in [-0.2, 0) is 4.79 Å². The normalized spacial score (nSPS) is 32.0. The Balaban J connectivity index is 0.00000161. The molecule has 2 atom stereocenters. The number of piperidine rings is 1. The van der Waals surface area contributed by atoms with E-state index in [4.69, 9.17) is 5.73 Å². The summed E-state index contributed by atoms with van der Waals surface area (Å²) in [6.45, 7) is 2.02. The van der Waals surface area contributed by atoms with E-state index in [9.17, 15) is 4.79 Å². The fraction of sp³-hybridized carbons (Fsp3) is 0.941. The molecular formula is C17H31ClN2O. The van der Waals surface area contributed by atoms with Crippen molar-refractivity contribution in [3.8, 4) is 0 Å². The van der Waals surface area contributed by atoms with E-state index in [1.54, 1.807) is 0 Å². The Morgan fingerprint density at radius 1 is 1.05 bits per heavy atom. The van der Waals surface area contributed by atoms with Crippen LogP contribution in [0.25, 0.3) is 0 Å². The van der Waals surface area contributed by atoms with E-state index in [-0.39, 0.29) is 18.4 Å². The van der Waals surface area contributed by atoms with Crippen LogP contribution in [-0.4, -0.2) is 29.9 Å². The zero-order valence-corrected chi connectivity index (χ0v) is 14.0. The molecule has 21 heavy (non-hydrogen) atoms. The number of halogens is 1. The Kier molecular flexibility index (Phi) is 5.96. The lowest BCUT2D eigenvalue weighted by atomic mass is 9.69. The average Bonchev–Trinajstić information content (AvgIpc) is 2.85. The maximum atomic E-state index is 12.6. The van der Waals surface area contributed by atoms with Gasteiger partial charge in [0.05, 0.1) is 0 Å². The van der Waals surface area contributed by atoms with Crippen molar-refractivity contribution in [1.82, 2.24) is 4.90 Å². The highest BCUT2D eigenvalue weighted by atomic mass is 35.5. The molecule has 0 aromatic carbocycles. The zero-order valence-electron chi connectivity index (χ0n) is 13.2. The number of carbonyl (C=O) groups is 1. The monoisotopic (exact) mass is 314 g/mol. The van der Waals surface area contributed by atoms with E-state index in [1.165, 1.54) is 51.4 Å². The predicted molar refractivity (Wildman–Crippen MR) is 88.5 cm³/mol. The van der Waals surface area contributed by atoms with Crippen molar-refractivity contribution in [2.24, 2.45) is 17.1 Å². The third kappa shape index (κ3) is 3.92. The number of rotatable bonds is 2. The summed E-state index contributed by atoms with van der Waals surface area (Å²) >= 11 is 0. The first-order valence-corrected chi connectivity index (χ1v) is 8.72. The fourth-order valence-electron chi connectivity index (χ4n) is 4.80. The topological polar surface area (TPSA) is 46.3 Å².